The third-order valence-electron chi connectivity index (χ3n) is 1.37. The second-order valence-electron chi connectivity index (χ2n) is 2.28. The van der Waals surface area contributed by atoms with E-state index < -0.39 is 11.7 Å². The largest absolute Gasteiger partial charge is 0.418 e. The molecule has 0 unspecified atom stereocenters. The smallest absolute Gasteiger partial charge is 0.290 e. The van der Waals surface area contributed by atoms with Crippen molar-refractivity contribution in [2.45, 2.75) is 6.18 Å². The Morgan fingerprint density at radius 3 is 2.79 bits per heavy atom. The number of hydrogen-bond acceptors (Lipinski definition) is 3. The number of alkyl halides is 3. The van der Waals surface area contributed by atoms with Crippen molar-refractivity contribution in [1.29, 1.82) is 0 Å². The van der Waals surface area contributed by atoms with Crippen LogP contribution in [0.15, 0.2) is 23.5 Å². The normalized spacial score (nSPS) is 12.0. The standard InChI is InChI=1S/C7H6F3N3O/c8-7(9,10)5-1-2-11-3-6(5)12-4-13-14/h1-4,14H,(H,12,13). The molecule has 0 aliphatic heterocycles. The fourth-order valence-corrected chi connectivity index (χ4v) is 0.827. The van der Waals surface area contributed by atoms with Crippen molar-refractivity contribution in [2.24, 2.45) is 4.99 Å². The fourth-order valence-electron chi connectivity index (χ4n) is 0.827. The number of aliphatic imine (C=N–C) groups is 1. The third kappa shape index (κ3) is 2.43. The van der Waals surface area contributed by atoms with Crippen LogP contribution in [0.1, 0.15) is 5.56 Å². The van der Waals surface area contributed by atoms with E-state index in [0.29, 0.717) is 0 Å². The van der Waals surface area contributed by atoms with Gasteiger partial charge >= 0.3 is 6.18 Å². The van der Waals surface area contributed by atoms with Crippen LogP contribution in [-0.4, -0.2) is 16.5 Å². The van der Waals surface area contributed by atoms with Gasteiger partial charge in [-0.05, 0) is 6.07 Å². The van der Waals surface area contributed by atoms with E-state index in [4.69, 9.17) is 5.21 Å². The molecule has 1 aromatic heterocycles. The van der Waals surface area contributed by atoms with Crippen molar-refractivity contribution in [2.75, 3.05) is 0 Å². The van der Waals surface area contributed by atoms with E-state index in [1.54, 1.807) is 0 Å². The Morgan fingerprint density at radius 1 is 1.50 bits per heavy atom. The molecule has 0 aromatic carbocycles. The van der Waals surface area contributed by atoms with Crippen molar-refractivity contribution in [3.63, 3.8) is 0 Å². The molecule has 0 amide bonds. The molecule has 76 valence electrons. The SMILES string of the molecule is ONC=Nc1cnccc1C(F)(F)F. The Kier molecular flexibility index (Phi) is 3.03. The molecule has 1 rings (SSSR count). The summed E-state index contributed by atoms with van der Waals surface area (Å²) in [6.45, 7) is 0. The molecule has 0 bridgehead atoms. The van der Waals surface area contributed by atoms with Crippen molar-refractivity contribution in [3.8, 4) is 0 Å². The lowest BCUT2D eigenvalue weighted by molar-refractivity contribution is -0.137. The number of hydrogen-bond donors (Lipinski definition) is 2. The average molecular weight is 205 g/mol. The topological polar surface area (TPSA) is 57.5 Å². The monoisotopic (exact) mass is 205 g/mol. The Labute approximate surface area is 77.1 Å². The second-order valence-corrected chi connectivity index (χ2v) is 2.28. The lowest BCUT2D eigenvalue weighted by atomic mass is 10.2. The van der Waals surface area contributed by atoms with Crippen LogP contribution in [0.5, 0.6) is 0 Å². The van der Waals surface area contributed by atoms with Gasteiger partial charge in [0.25, 0.3) is 0 Å². The molecule has 0 aliphatic rings. The van der Waals surface area contributed by atoms with Gasteiger partial charge in [-0.1, -0.05) is 0 Å². The summed E-state index contributed by atoms with van der Waals surface area (Å²) in [7, 11) is 0. The zero-order valence-corrected chi connectivity index (χ0v) is 6.78. The highest BCUT2D eigenvalue weighted by atomic mass is 19.4. The minimum Gasteiger partial charge on any atom is -0.290 e. The summed E-state index contributed by atoms with van der Waals surface area (Å²) < 4.78 is 36.9. The molecular formula is C7H6F3N3O. The summed E-state index contributed by atoms with van der Waals surface area (Å²) in [6.07, 6.45) is -1.78. The predicted molar refractivity (Wildman–Crippen MR) is 42.3 cm³/mol. The maximum Gasteiger partial charge on any atom is 0.418 e. The van der Waals surface area contributed by atoms with Gasteiger partial charge in [0.1, 0.15) is 6.34 Å². The van der Waals surface area contributed by atoms with E-state index in [9.17, 15) is 13.2 Å². The van der Waals surface area contributed by atoms with Gasteiger partial charge < -0.3 is 0 Å². The summed E-state index contributed by atoms with van der Waals surface area (Å²) in [4.78, 5) is 6.81. The van der Waals surface area contributed by atoms with Crippen molar-refractivity contribution < 1.29 is 18.4 Å². The van der Waals surface area contributed by atoms with Gasteiger partial charge in [0.2, 0.25) is 0 Å². The fraction of sp³-hybridized carbons (Fsp3) is 0.143. The molecule has 7 heteroatoms. The Bertz CT molecular complexity index is 337. The van der Waals surface area contributed by atoms with E-state index in [1.807, 2.05) is 0 Å². The molecule has 2 N–H and O–H groups in total. The van der Waals surface area contributed by atoms with E-state index in [1.165, 1.54) is 5.48 Å². The van der Waals surface area contributed by atoms with Crippen LogP contribution < -0.4 is 5.48 Å². The number of nitrogens with one attached hydrogen (secondary N) is 1. The highest BCUT2D eigenvalue weighted by Gasteiger charge is 2.33. The van der Waals surface area contributed by atoms with Gasteiger partial charge in [0.05, 0.1) is 17.4 Å². The molecule has 0 fully saturated rings. The number of rotatable bonds is 2. The lowest BCUT2D eigenvalue weighted by Crippen LogP contribution is -2.06. The highest BCUT2D eigenvalue weighted by Crippen LogP contribution is 2.35. The summed E-state index contributed by atoms with van der Waals surface area (Å²) in [6, 6.07) is 0.810. The molecule has 1 heterocycles. The maximum atomic E-state index is 12.3. The molecule has 1 aromatic rings. The summed E-state index contributed by atoms with van der Waals surface area (Å²) in [5.74, 6) is 0. The second kappa shape index (κ2) is 4.05. The van der Waals surface area contributed by atoms with E-state index in [0.717, 1.165) is 24.8 Å². The minimum atomic E-state index is -4.48. The first-order valence-corrected chi connectivity index (χ1v) is 3.49. The summed E-state index contributed by atoms with van der Waals surface area (Å²) >= 11 is 0. The van der Waals surface area contributed by atoms with Crippen LogP contribution in [0.3, 0.4) is 0 Å². The molecule has 0 saturated heterocycles. The first-order valence-electron chi connectivity index (χ1n) is 3.49. The van der Waals surface area contributed by atoms with Crippen molar-refractivity contribution >= 4 is 12.0 Å². The summed E-state index contributed by atoms with van der Waals surface area (Å²) in [5.41, 5.74) is 0.245. The van der Waals surface area contributed by atoms with Crippen LogP contribution in [0, 0.1) is 0 Å². The van der Waals surface area contributed by atoms with Gasteiger partial charge in [-0.2, -0.15) is 13.2 Å². The van der Waals surface area contributed by atoms with Gasteiger partial charge in [-0.25, -0.2) is 4.99 Å². The number of halogens is 3. The quantitative estimate of drug-likeness (QED) is 0.439. The zero-order chi connectivity index (χ0) is 10.6. The van der Waals surface area contributed by atoms with Crippen LogP contribution in [-0.2, 0) is 6.18 Å². The Balaban J connectivity index is 3.10. The molecule has 0 aliphatic carbocycles. The molecule has 14 heavy (non-hydrogen) atoms. The van der Waals surface area contributed by atoms with Crippen LogP contribution in [0.25, 0.3) is 0 Å². The van der Waals surface area contributed by atoms with Crippen molar-refractivity contribution in [3.05, 3.63) is 24.0 Å². The van der Waals surface area contributed by atoms with Crippen LogP contribution in [0.4, 0.5) is 18.9 Å². The number of hydroxylamine groups is 1. The Hall–Kier alpha value is -1.63. The average Bonchev–Trinajstić information content (AvgIpc) is 2.14. The van der Waals surface area contributed by atoms with Crippen LogP contribution >= 0.6 is 0 Å². The van der Waals surface area contributed by atoms with Gasteiger partial charge in [-0.3, -0.25) is 15.7 Å². The van der Waals surface area contributed by atoms with Gasteiger partial charge in [0.15, 0.2) is 0 Å². The van der Waals surface area contributed by atoms with E-state index >= 15 is 0 Å². The molecular weight excluding hydrogens is 199 g/mol. The third-order valence-corrected chi connectivity index (χ3v) is 1.37. The molecule has 0 atom stereocenters. The number of pyridine rings is 1. The molecule has 0 spiro atoms. The van der Waals surface area contributed by atoms with Crippen molar-refractivity contribution in [1.82, 2.24) is 10.5 Å². The Morgan fingerprint density at radius 2 is 2.21 bits per heavy atom. The highest BCUT2D eigenvalue weighted by molar-refractivity contribution is 5.61. The lowest BCUT2D eigenvalue weighted by Gasteiger charge is -2.07. The first kappa shape index (κ1) is 10.5. The molecule has 4 nitrogen and oxygen atoms in total. The van der Waals surface area contributed by atoms with Gasteiger partial charge in [-0.15, -0.1) is 0 Å². The number of aromatic nitrogens is 1. The predicted octanol–water partition coefficient (Wildman–Crippen LogP) is 1.74. The van der Waals surface area contributed by atoms with Gasteiger partial charge in [0, 0.05) is 6.20 Å². The molecule has 0 saturated carbocycles. The minimum absolute atomic E-state index is 0.360. The first-order chi connectivity index (χ1) is 6.55. The van der Waals surface area contributed by atoms with E-state index in [-0.39, 0.29) is 5.69 Å². The summed E-state index contributed by atoms with van der Waals surface area (Å²) in [5, 5.41) is 8.12. The maximum absolute atomic E-state index is 12.3. The van der Waals surface area contributed by atoms with E-state index in [2.05, 4.69) is 9.98 Å². The molecule has 0 radical (unpaired) electrons. The zero-order valence-electron chi connectivity index (χ0n) is 6.78. The van der Waals surface area contributed by atoms with Crippen LogP contribution in [0.2, 0.25) is 0 Å². The number of nitrogens with zero attached hydrogens (tertiary/aromatic N) is 2.